The van der Waals surface area contributed by atoms with E-state index in [1.54, 1.807) is 0 Å². The molecule has 1 heterocycles. The molecule has 34 heavy (non-hydrogen) atoms. The van der Waals surface area contributed by atoms with Crippen LogP contribution in [-0.2, 0) is 14.9 Å². The number of nitrogens with one attached hydrogen (secondary N) is 1. The normalized spacial score (nSPS) is 21.3. The number of allylic oxidation sites excluding steroid dienone is 1. The summed E-state index contributed by atoms with van der Waals surface area (Å²) in [6, 6.07) is 29.1. The number of carbonyl (C=O) groups excluding carboxylic acids is 1. The number of fused-ring (bicyclic) bond motifs is 1. The summed E-state index contributed by atoms with van der Waals surface area (Å²) in [5.74, 6) is -0.228. The van der Waals surface area contributed by atoms with Gasteiger partial charge in [0.15, 0.2) is 0 Å². The Kier molecular flexibility index (Phi) is 5.20. The molecule has 0 amide bonds. The molecule has 0 radical (unpaired) electrons. The van der Waals surface area contributed by atoms with Gasteiger partial charge in [0.05, 0.1) is 12.0 Å². The van der Waals surface area contributed by atoms with Crippen LogP contribution in [0.5, 0.6) is 0 Å². The highest BCUT2D eigenvalue weighted by Gasteiger charge is 2.65. The number of benzene rings is 3. The second kappa shape index (κ2) is 7.87. The zero-order valence-electron chi connectivity index (χ0n) is 20.7. The van der Waals surface area contributed by atoms with Crippen molar-refractivity contribution in [3.63, 3.8) is 0 Å². The summed E-state index contributed by atoms with van der Waals surface area (Å²) in [7, 11) is 0. The van der Waals surface area contributed by atoms with Crippen LogP contribution in [0.1, 0.15) is 51.3 Å². The molecule has 1 saturated carbocycles. The maximum Gasteiger partial charge on any atom is 0.332 e. The fourth-order valence-electron chi connectivity index (χ4n) is 6.13. The van der Waals surface area contributed by atoms with E-state index >= 15 is 0 Å². The fraction of sp³-hybridized carbons (Fsp3) is 0.323. The number of carbonyl (C=O) groups is 1. The molecular formula is C31H33NO2. The summed E-state index contributed by atoms with van der Waals surface area (Å²) in [6.07, 6.45) is 0. The monoisotopic (exact) mass is 451 g/mol. The number of rotatable bonds is 4. The molecular weight excluding hydrogens is 418 g/mol. The van der Waals surface area contributed by atoms with Crippen molar-refractivity contribution in [3.05, 3.63) is 113 Å². The Balaban J connectivity index is 1.98. The van der Waals surface area contributed by atoms with Gasteiger partial charge in [-0.05, 0) is 46.1 Å². The van der Waals surface area contributed by atoms with Crippen molar-refractivity contribution in [2.75, 3.05) is 11.9 Å². The Morgan fingerprint density at radius 1 is 0.794 bits per heavy atom. The summed E-state index contributed by atoms with van der Waals surface area (Å²) < 4.78 is 5.67. The first-order valence-corrected chi connectivity index (χ1v) is 12.2. The first kappa shape index (κ1) is 22.5. The average Bonchev–Trinajstić information content (AvgIpc) is 3.26. The SMILES string of the molecule is CCOC(=O)[C@H]1Nc2ccccc2C(c2ccccc2)(c2ccccc2)C1=C1C(C)(C)C1(C)C. The van der Waals surface area contributed by atoms with E-state index in [0.29, 0.717) is 6.61 Å². The molecule has 0 unspecified atom stereocenters. The lowest BCUT2D eigenvalue weighted by Crippen LogP contribution is -2.49. The molecule has 174 valence electrons. The van der Waals surface area contributed by atoms with Crippen LogP contribution in [0, 0.1) is 10.8 Å². The Labute approximate surface area is 202 Å². The van der Waals surface area contributed by atoms with E-state index in [4.69, 9.17) is 4.74 Å². The molecule has 3 aromatic rings. The standard InChI is InChI=1S/C31H33NO2/c1-6-34-28(33)26-25(27-29(2,3)30(27,4)5)31(21-15-9-7-10-16-21,22-17-11-8-12-18-22)23-19-13-14-20-24(23)32-26/h7-20,26,32H,6H2,1-5H3/t26-/m0/s1. The first-order valence-electron chi connectivity index (χ1n) is 12.2. The van der Waals surface area contributed by atoms with Crippen LogP contribution in [0.25, 0.3) is 0 Å². The molecule has 0 aromatic heterocycles. The molecule has 2 aliphatic rings. The maximum atomic E-state index is 13.6. The largest absolute Gasteiger partial charge is 0.464 e. The van der Waals surface area contributed by atoms with Gasteiger partial charge < -0.3 is 10.1 Å². The van der Waals surface area contributed by atoms with Crippen LogP contribution in [0.3, 0.4) is 0 Å². The van der Waals surface area contributed by atoms with Crippen molar-refractivity contribution >= 4 is 11.7 Å². The van der Waals surface area contributed by atoms with Crippen molar-refractivity contribution in [3.8, 4) is 0 Å². The van der Waals surface area contributed by atoms with Gasteiger partial charge in [-0.2, -0.15) is 0 Å². The molecule has 3 aromatic carbocycles. The number of ether oxygens (including phenoxy) is 1. The zero-order valence-corrected chi connectivity index (χ0v) is 20.7. The van der Waals surface area contributed by atoms with Gasteiger partial charge in [0.2, 0.25) is 0 Å². The Morgan fingerprint density at radius 3 is 1.79 bits per heavy atom. The summed E-state index contributed by atoms with van der Waals surface area (Å²) in [5.41, 5.74) is 6.16. The third-order valence-electron chi connectivity index (χ3n) is 8.28. The molecule has 1 aliphatic carbocycles. The van der Waals surface area contributed by atoms with Gasteiger partial charge in [-0.15, -0.1) is 0 Å². The number of hydrogen-bond donors (Lipinski definition) is 1. The number of esters is 1. The van der Waals surface area contributed by atoms with E-state index < -0.39 is 11.5 Å². The third-order valence-corrected chi connectivity index (χ3v) is 8.28. The van der Waals surface area contributed by atoms with Crippen LogP contribution in [0.2, 0.25) is 0 Å². The molecule has 3 heteroatoms. The van der Waals surface area contributed by atoms with E-state index in [-0.39, 0.29) is 16.8 Å². The van der Waals surface area contributed by atoms with Gasteiger partial charge in [-0.25, -0.2) is 4.79 Å². The molecule has 0 bridgehead atoms. The molecule has 5 rings (SSSR count). The van der Waals surface area contributed by atoms with E-state index in [9.17, 15) is 4.79 Å². The third kappa shape index (κ3) is 2.99. The molecule has 1 fully saturated rings. The number of para-hydroxylation sites is 1. The van der Waals surface area contributed by atoms with Gasteiger partial charge >= 0.3 is 5.97 Å². The summed E-state index contributed by atoms with van der Waals surface area (Å²) >= 11 is 0. The lowest BCUT2D eigenvalue weighted by atomic mass is 9.60. The van der Waals surface area contributed by atoms with Crippen molar-refractivity contribution in [1.82, 2.24) is 0 Å². The van der Waals surface area contributed by atoms with Crippen molar-refractivity contribution in [2.24, 2.45) is 10.8 Å². The van der Waals surface area contributed by atoms with Gasteiger partial charge in [0.25, 0.3) is 0 Å². The smallest absolute Gasteiger partial charge is 0.332 e. The summed E-state index contributed by atoms with van der Waals surface area (Å²) in [5, 5.41) is 3.59. The lowest BCUT2D eigenvalue weighted by molar-refractivity contribution is -0.143. The van der Waals surface area contributed by atoms with Crippen molar-refractivity contribution < 1.29 is 9.53 Å². The zero-order chi connectivity index (χ0) is 24.1. The quantitative estimate of drug-likeness (QED) is 0.353. The van der Waals surface area contributed by atoms with E-state index in [1.165, 1.54) is 5.57 Å². The maximum absolute atomic E-state index is 13.6. The van der Waals surface area contributed by atoms with Crippen LogP contribution >= 0.6 is 0 Å². The number of hydrogen-bond acceptors (Lipinski definition) is 3. The van der Waals surface area contributed by atoms with Gasteiger partial charge in [0, 0.05) is 5.69 Å². The highest BCUT2D eigenvalue weighted by Crippen LogP contribution is 2.72. The predicted molar refractivity (Wildman–Crippen MR) is 138 cm³/mol. The Bertz CT molecular complexity index is 1200. The molecule has 1 N–H and O–H groups in total. The summed E-state index contributed by atoms with van der Waals surface area (Å²) in [4.78, 5) is 13.6. The predicted octanol–water partition coefficient (Wildman–Crippen LogP) is 6.74. The number of anilines is 1. The minimum Gasteiger partial charge on any atom is -0.464 e. The Hall–Kier alpha value is -3.33. The lowest BCUT2D eigenvalue weighted by Gasteiger charge is -2.46. The van der Waals surface area contributed by atoms with E-state index in [2.05, 4.69) is 112 Å². The molecule has 0 spiro atoms. The Morgan fingerprint density at radius 2 is 1.29 bits per heavy atom. The van der Waals surface area contributed by atoms with Crippen LogP contribution in [0.15, 0.2) is 96.1 Å². The van der Waals surface area contributed by atoms with Crippen molar-refractivity contribution in [2.45, 2.75) is 46.1 Å². The van der Waals surface area contributed by atoms with Crippen LogP contribution < -0.4 is 5.32 Å². The van der Waals surface area contributed by atoms with Crippen LogP contribution in [-0.4, -0.2) is 18.6 Å². The van der Waals surface area contributed by atoms with Gasteiger partial charge in [0.1, 0.15) is 6.04 Å². The van der Waals surface area contributed by atoms with Gasteiger partial charge in [-0.3, -0.25) is 0 Å². The molecule has 3 nitrogen and oxygen atoms in total. The molecule has 0 saturated heterocycles. The van der Waals surface area contributed by atoms with E-state index in [0.717, 1.165) is 28.0 Å². The van der Waals surface area contributed by atoms with E-state index in [1.807, 2.05) is 13.0 Å². The second-order valence-corrected chi connectivity index (χ2v) is 10.4. The minimum absolute atomic E-state index is 0.0458. The highest BCUT2D eigenvalue weighted by atomic mass is 16.5. The first-order chi connectivity index (χ1) is 16.3. The fourth-order valence-corrected chi connectivity index (χ4v) is 6.13. The highest BCUT2D eigenvalue weighted by molar-refractivity contribution is 5.90. The molecule has 1 atom stereocenters. The second-order valence-electron chi connectivity index (χ2n) is 10.4. The molecule has 1 aliphatic heterocycles. The average molecular weight is 452 g/mol. The van der Waals surface area contributed by atoms with Crippen LogP contribution in [0.4, 0.5) is 5.69 Å². The van der Waals surface area contributed by atoms with Gasteiger partial charge in [-0.1, -0.05) is 112 Å². The van der Waals surface area contributed by atoms with Crippen molar-refractivity contribution in [1.29, 1.82) is 0 Å². The summed E-state index contributed by atoms with van der Waals surface area (Å²) in [6.45, 7) is 11.4. The topological polar surface area (TPSA) is 38.3 Å². The minimum atomic E-state index is -0.623.